The van der Waals surface area contributed by atoms with Gasteiger partial charge in [-0.25, -0.2) is 9.79 Å². The molecule has 0 aliphatic carbocycles. The van der Waals surface area contributed by atoms with Crippen molar-refractivity contribution in [2.45, 2.75) is 46.4 Å². The fourth-order valence-corrected chi connectivity index (χ4v) is 6.32. The number of fused-ring (bicyclic) bond motifs is 1. The lowest BCUT2D eigenvalue weighted by Gasteiger charge is -2.25. The average Bonchev–Trinajstić information content (AvgIpc) is 3.27. The molecular formula is C33H29Cl3N2O5S. The number of aromatic nitrogens is 1. The van der Waals surface area contributed by atoms with Crippen molar-refractivity contribution < 1.29 is 19.0 Å². The number of benzene rings is 3. The molecule has 228 valence electrons. The Labute approximate surface area is 273 Å². The van der Waals surface area contributed by atoms with Crippen LogP contribution < -0.4 is 24.4 Å². The van der Waals surface area contributed by atoms with Crippen LogP contribution in [0.4, 0.5) is 0 Å². The fraction of sp³-hybridized carbons (Fsp3) is 0.242. The first-order valence-corrected chi connectivity index (χ1v) is 15.8. The Hall–Kier alpha value is -3.56. The van der Waals surface area contributed by atoms with Crippen LogP contribution in [-0.4, -0.2) is 23.2 Å². The van der Waals surface area contributed by atoms with E-state index >= 15 is 0 Å². The number of halogens is 3. The summed E-state index contributed by atoms with van der Waals surface area (Å²) in [5.41, 5.74) is 2.62. The number of carbonyl (C=O) groups excluding carboxylic acids is 1. The van der Waals surface area contributed by atoms with E-state index in [0.29, 0.717) is 59.3 Å². The lowest BCUT2D eigenvalue weighted by Crippen LogP contribution is -2.40. The first-order valence-electron chi connectivity index (χ1n) is 13.9. The number of ether oxygens (including phenoxy) is 3. The zero-order chi connectivity index (χ0) is 31.5. The standard InChI is InChI=1S/C33H29Cl3N2O5S/c1-5-41-24-10-7-21(8-11-24)30-29(32(40)43-18(2)3)19(4)37-33-38(30)31(39)28(44-33)16-22-15-23(34)9-13-27(22)42-17-20-6-12-25(35)26(36)14-20/h6-16,18,30H,5,17H2,1-4H3/b28-16+/t30-/m1/s1. The van der Waals surface area contributed by atoms with Crippen LogP contribution in [0, 0.1) is 0 Å². The number of hydrogen-bond donors (Lipinski definition) is 0. The molecule has 0 fully saturated rings. The molecule has 0 bridgehead atoms. The van der Waals surface area contributed by atoms with Gasteiger partial charge in [0.2, 0.25) is 0 Å². The molecule has 2 heterocycles. The number of hydrogen-bond acceptors (Lipinski definition) is 7. The van der Waals surface area contributed by atoms with Crippen molar-refractivity contribution in [3.8, 4) is 11.5 Å². The zero-order valence-electron chi connectivity index (χ0n) is 24.4. The van der Waals surface area contributed by atoms with Gasteiger partial charge in [0.1, 0.15) is 18.1 Å². The summed E-state index contributed by atoms with van der Waals surface area (Å²) in [7, 11) is 0. The van der Waals surface area contributed by atoms with E-state index in [-0.39, 0.29) is 18.3 Å². The van der Waals surface area contributed by atoms with Crippen LogP contribution in [0.25, 0.3) is 6.08 Å². The lowest BCUT2D eigenvalue weighted by molar-refractivity contribution is -0.143. The molecule has 0 radical (unpaired) electrons. The summed E-state index contributed by atoms with van der Waals surface area (Å²) in [5, 5.41) is 1.37. The van der Waals surface area contributed by atoms with E-state index in [1.165, 1.54) is 15.9 Å². The highest BCUT2D eigenvalue weighted by Crippen LogP contribution is 2.32. The highest BCUT2D eigenvalue weighted by Gasteiger charge is 2.33. The Kier molecular flexibility index (Phi) is 9.85. The number of nitrogens with zero attached hydrogens (tertiary/aromatic N) is 2. The summed E-state index contributed by atoms with van der Waals surface area (Å²) in [6.45, 7) is 7.95. The molecule has 5 rings (SSSR count). The molecule has 4 aromatic rings. The maximum absolute atomic E-state index is 14.1. The summed E-state index contributed by atoms with van der Waals surface area (Å²) in [5.74, 6) is 0.680. The second-order valence-corrected chi connectivity index (χ2v) is 12.5. The number of allylic oxidation sites excluding steroid dienone is 1. The maximum atomic E-state index is 14.1. The highest BCUT2D eigenvalue weighted by molar-refractivity contribution is 7.07. The van der Waals surface area contributed by atoms with Gasteiger partial charge in [-0.15, -0.1) is 0 Å². The lowest BCUT2D eigenvalue weighted by atomic mass is 9.96. The number of rotatable bonds is 9. The van der Waals surface area contributed by atoms with Crippen LogP contribution >= 0.6 is 46.1 Å². The van der Waals surface area contributed by atoms with E-state index in [1.54, 1.807) is 57.2 Å². The molecule has 1 atom stereocenters. The zero-order valence-corrected chi connectivity index (χ0v) is 27.5. The summed E-state index contributed by atoms with van der Waals surface area (Å²) in [6, 6.07) is 17.0. The first-order chi connectivity index (χ1) is 21.0. The van der Waals surface area contributed by atoms with Crippen molar-refractivity contribution in [2.75, 3.05) is 6.61 Å². The van der Waals surface area contributed by atoms with Crippen molar-refractivity contribution in [2.24, 2.45) is 4.99 Å². The molecule has 44 heavy (non-hydrogen) atoms. The van der Waals surface area contributed by atoms with Crippen LogP contribution in [0.15, 0.2) is 81.7 Å². The summed E-state index contributed by atoms with van der Waals surface area (Å²) >= 11 is 19.8. The van der Waals surface area contributed by atoms with Gasteiger partial charge in [0.05, 0.1) is 44.6 Å². The van der Waals surface area contributed by atoms with E-state index in [1.807, 2.05) is 37.3 Å². The van der Waals surface area contributed by atoms with Crippen LogP contribution in [0.5, 0.6) is 11.5 Å². The van der Waals surface area contributed by atoms with Gasteiger partial charge in [0, 0.05) is 10.6 Å². The summed E-state index contributed by atoms with van der Waals surface area (Å²) in [6.07, 6.45) is 1.37. The minimum atomic E-state index is -0.750. The van der Waals surface area contributed by atoms with E-state index in [9.17, 15) is 9.59 Å². The molecular weight excluding hydrogens is 643 g/mol. The Morgan fingerprint density at radius 2 is 1.77 bits per heavy atom. The second kappa shape index (κ2) is 13.6. The first kappa shape index (κ1) is 31.9. The van der Waals surface area contributed by atoms with Crippen LogP contribution in [0.3, 0.4) is 0 Å². The molecule has 0 saturated heterocycles. The van der Waals surface area contributed by atoms with Gasteiger partial charge >= 0.3 is 5.97 Å². The van der Waals surface area contributed by atoms with Gasteiger partial charge in [-0.3, -0.25) is 9.36 Å². The normalized spacial score (nSPS) is 14.8. The predicted octanol–water partition coefficient (Wildman–Crippen LogP) is 7.12. The number of carbonyl (C=O) groups is 1. The smallest absolute Gasteiger partial charge is 0.338 e. The van der Waals surface area contributed by atoms with Gasteiger partial charge in [-0.05, 0) is 87.4 Å². The quantitative estimate of drug-likeness (QED) is 0.177. The minimum Gasteiger partial charge on any atom is -0.494 e. The van der Waals surface area contributed by atoms with Crippen LogP contribution in [0.2, 0.25) is 15.1 Å². The second-order valence-electron chi connectivity index (χ2n) is 10.3. The predicted molar refractivity (Wildman–Crippen MR) is 175 cm³/mol. The molecule has 0 saturated carbocycles. The molecule has 1 aromatic heterocycles. The Morgan fingerprint density at radius 1 is 1.02 bits per heavy atom. The van der Waals surface area contributed by atoms with Crippen LogP contribution in [0.1, 0.15) is 50.4 Å². The molecule has 7 nitrogen and oxygen atoms in total. The molecule has 11 heteroatoms. The van der Waals surface area contributed by atoms with Gasteiger partial charge in [-0.1, -0.05) is 64.3 Å². The van der Waals surface area contributed by atoms with Crippen molar-refractivity contribution in [3.05, 3.63) is 123 Å². The van der Waals surface area contributed by atoms with Gasteiger partial charge < -0.3 is 14.2 Å². The monoisotopic (exact) mass is 670 g/mol. The highest BCUT2D eigenvalue weighted by atomic mass is 35.5. The Bertz CT molecular complexity index is 1930. The summed E-state index contributed by atoms with van der Waals surface area (Å²) < 4.78 is 19.2. The van der Waals surface area contributed by atoms with Crippen molar-refractivity contribution in [3.63, 3.8) is 0 Å². The third kappa shape index (κ3) is 6.89. The maximum Gasteiger partial charge on any atom is 0.338 e. The third-order valence-electron chi connectivity index (χ3n) is 6.73. The van der Waals surface area contributed by atoms with E-state index in [0.717, 1.165) is 11.1 Å². The van der Waals surface area contributed by atoms with E-state index in [2.05, 4.69) is 4.99 Å². The van der Waals surface area contributed by atoms with E-state index in [4.69, 9.17) is 49.0 Å². The minimum absolute atomic E-state index is 0.221. The molecule has 0 amide bonds. The molecule has 1 aliphatic rings. The molecule has 0 spiro atoms. The van der Waals surface area contributed by atoms with Gasteiger partial charge in [-0.2, -0.15) is 0 Å². The SMILES string of the molecule is CCOc1ccc([C@@H]2C(C(=O)OC(C)C)=C(C)N=c3s/c(=C/c4cc(Cl)ccc4OCc4ccc(Cl)c(Cl)c4)c(=O)n32)cc1. The molecule has 1 aliphatic heterocycles. The van der Waals surface area contributed by atoms with Crippen molar-refractivity contribution >= 4 is 58.2 Å². The number of thiazole rings is 1. The molecule has 0 N–H and O–H groups in total. The third-order valence-corrected chi connectivity index (χ3v) is 8.69. The topological polar surface area (TPSA) is 79.1 Å². The van der Waals surface area contributed by atoms with Crippen molar-refractivity contribution in [1.82, 2.24) is 4.57 Å². The van der Waals surface area contributed by atoms with Crippen molar-refractivity contribution in [1.29, 1.82) is 0 Å². The Balaban J connectivity index is 1.60. The largest absolute Gasteiger partial charge is 0.494 e. The Morgan fingerprint density at radius 3 is 2.45 bits per heavy atom. The average molecular weight is 672 g/mol. The van der Waals surface area contributed by atoms with Crippen LogP contribution in [-0.2, 0) is 16.1 Å². The molecule has 0 unspecified atom stereocenters. The summed E-state index contributed by atoms with van der Waals surface area (Å²) in [4.78, 5) is 32.6. The van der Waals surface area contributed by atoms with E-state index < -0.39 is 12.0 Å². The fourth-order valence-electron chi connectivity index (χ4n) is 4.78. The molecule has 3 aromatic carbocycles. The van der Waals surface area contributed by atoms with Gasteiger partial charge in [0.15, 0.2) is 4.80 Å². The van der Waals surface area contributed by atoms with Gasteiger partial charge in [0.25, 0.3) is 5.56 Å². The number of esters is 1.